The number of rotatable bonds is 5. The summed E-state index contributed by atoms with van der Waals surface area (Å²) in [6, 6.07) is 8.05. The second-order valence-electron chi connectivity index (χ2n) is 6.00. The molecular weight excluding hydrogens is 392 g/mol. The van der Waals surface area contributed by atoms with E-state index in [0.29, 0.717) is 16.9 Å². The summed E-state index contributed by atoms with van der Waals surface area (Å²) in [5.74, 6) is -6.06. The quantitative estimate of drug-likeness (QED) is 0.274. The maximum atomic E-state index is 13.8. The minimum atomic E-state index is -1.72. The zero-order valence-electron chi connectivity index (χ0n) is 14.8. The number of hydrogen-bond donors (Lipinski definition) is 2. The van der Waals surface area contributed by atoms with Crippen molar-refractivity contribution in [2.45, 2.75) is 19.9 Å². The third-order valence-electron chi connectivity index (χ3n) is 4.04. The summed E-state index contributed by atoms with van der Waals surface area (Å²) in [7, 11) is 0. The highest BCUT2D eigenvalue weighted by Crippen LogP contribution is 2.20. The lowest BCUT2D eigenvalue weighted by molar-refractivity contribution is 0.420. The molecule has 0 unspecified atom stereocenters. The molecule has 0 aliphatic carbocycles. The number of aromatic nitrogens is 2. The number of anilines is 2. The van der Waals surface area contributed by atoms with E-state index in [4.69, 9.17) is 12.2 Å². The average Bonchev–Trinajstić information content (AvgIpc) is 3.11. The van der Waals surface area contributed by atoms with Gasteiger partial charge in [-0.15, -0.1) is 0 Å². The number of hydrogen-bond acceptors (Lipinski definition) is 2. The Hall–Kier alpha value is -2.94. The van der Waals surface area contributed by atoms with Crippen molar-refractivity contribution in [3.63, 3.8) is 0 Å². The number of thiocarbonyl (C=S) groups is 1. The van der Waals surface area contributed by atoms with E-state index in [9.17, 15) is 17.6 Å². The molecule has 0 fully saturated rings. The molecule has 0 aliphatic heterocycles. The van der Waals surface area contributed by atoms with Gasteiger partial charge < -0.3 is 10.6 Å². The molecule has 28 heavy (non-hydrogen) atoms. The van der Waals surface area contributed by atoms with Crippen molar-refractivity contribution in [3.05, 3.63) is 77.1 Å². The molecule has 9 heteroatoms. The van der Waals surface area contributed by atoms with Crippen molar-refractivity contribution in [1.29, 1.82) is 0 Å². The van der Waals surface area contributed by atoms with E-state index >= 15 is 0 Å². The summed E-state index contributed by atoms with van der Waals surface area (Å²) in [4.78, 5) is 0. The van der Waals surface area contributed by atoms with Gasteiger partial charge in [-0.2, -0.15) is 5.10 Å². The Morgan fingerprint density at radius 3 is 2.36 bits per heavy atom. The van der Waals surface area contributed by atoms with Crippen molar-refractivity contribution in [3.8, 4) is 0 Å². The molecule has 1 aromatic heterocycles. The highest BCUT2D eigenvalue weighted by molar-refractivity contribution is 7.80. The fraction of sp³-hybridized carbons (Fsp3) is 0.158. The maximum Gasteiger partial charge on any atom is 0.194 e. The SMILES string of the molecule is CCc1ccc(NC(=S)Nc2cnn(Cc3c(F)cc(F)c(F)c3F)c2)cc1. The zero-order chi connectivity index (χ0) is 20.3. The number of aryl methyl sites for hydroxylation is 1. The number of halogens is 4. The van der Waals surface area contributed by atoms with Gasteiger partial charge in [0.25, 0.3) is 0 Å². The van der Waals surface area contributed by atoms with Gasteiger partial charge in [0.05, 0.1) is 18.4 Å². The van der Waals surface area contributed by atoms with E-state index in [1.165, 1.54) is 22.6 Å². The van der Waals surface area contributed by atoms with E-state index in [1.807, 2.05) is 24.3 Å². The predicted octanol–water partition coefficient (Wildman–Crippen LogP) is 4.86. The van der Waals surface area contributed by atoms with Crippen LogP contribution in [0, 0.1) is 23.3 Å². The van der Waals surface area contributed by atoms with E-state index in [2.05, 4.69) is 22.7 Å². The molecule has 0 bridgehead atoms. The number of nitrogens with zero attached hydrogens (tertiary/aromatic N) is 2. The van der Waals surface area contributed by atoms with Gasteiger partial charge in [0.2, 0.25) is 0 Å². The third kappa shape index (κ3) is 4.48. The summed E-state index contributed by atoms with van der Waals surface area (Å²) in [6.45, 7) is 1.65. The van der Waals surface area contributed by atoms with Crippen molar-refractivity contribution < 1.29 is 17.6 Å². The van der Waals surface area contributed by atoms with Crippen molar-refractivity contribution in [2.75, 3.05) is 10.6 Å². The first-order chi connectivity index (χ1) is 13.4. The topological polar surface area (TPSA) is 41.9 Å². The average molecular weight is 408 g/mol. The van der Waals surface area contributed by atoms with E-state index in [-0.39, 0.29) is 0 Å². The first-order valence-corrected chi connectivity index (χ1v) is 8.79. The summed E-state index contributed by atoms with van der Waals surface area (Å²) in [5.41, 5.74) is 1.84. The molecule has 1 heterocycles. The molecule has 4 nitrogen and oxygen atoms in total. The second-order valence-corrected chi connectivity index (χ2v) is 6.41. The van der Waals surface area contributed by atoms with Gasteiger partial charge in [0.15, 0.2) is 22.6 Å². The first kappa shape index (κ1) is 19.8. The van der Waals surface area contributed by atoms with Crippen LogP contribution in [0.2, 0.25) is 0 Å². The van der Waals surface area contributed by atoms with Crippen molar-refractivity contribution >= 4 is 28.7 Å². The van der Waals surface area contributed by atoms with Crippen LogP contribution in [0.1, 0.15) is 18.1 Å². The van der Waals surface area contributed by atoms with E-state index < -0.39 is 35.4 Å². The fourth-order valence-corrected chi connectivity index (χ4v) is 2.78. The Bertz CT molecular complexity index is 1000. The smallest absolute Gasteiger partial charge is 0.194 e. The van der Waals surface area contributed by atoms with Gasteiger partial charge in [0.1, 0.15) is 5.82 Å². The Labute approximate surface area is 164 Å². The van der Waals surface area contributed by atoms with E-state index in [1.54, 1.807) is 0 Å². The van der Waals surface area contributed by atoms with Gasteiger partial charge in [-0.05, 0) is 36.3 Å². The largest absolute Gasteiger partial charge is 0.332 e. The summed E-state index contributed by atoms with van der Waals surface area (Å²) < 4.78 is 55.1. The molecule has 0 saturated carbocycles. The van der Waals surface area contributed by atoms with Crippen molar-refractivity contribution in [1.82, 2.24) is 9.78 Å². The number of benzene rings is 2. The molecule has 0 saturated heterocycles. The minimum Gasteiger partial charge on any atom is -0.332 e. The molecule has 0 spiro atoms. The molecule has 0 atom stereocenters. The summed E-state index contributed by atoms with van der Waals surface area (Å²) in [5, 5.41) is 10.1. The van der Waals surface area contributed by atoms with E-state index in [0.717, 1.165) is 12.1 Å². The molecular formula is C19H16F4N4S. The molecule has 0 aliphatic rings. The lowest BCUT2D eigenvalue weighted by atomic mass is 10.1. The standard InChI is InChI=1S/C19H16F4N4S/c1-2-11-3-5-12(6-4-11)25-19(28)26-13-8-24-27(9-13)10-14-15(20)7-16(21)18(23)17(14)22/h3-9H,2,10H2,1H3,(H2,25,26,28). The lowest BCUT2D eigenvalue weighted by Gasteiger charge is -2.09. The molecule has 146 valence electrons. The Morgan fingerprint density at radius 1 is 1.00 bits per heavy atom. The fourth-order valence-electron chi connectivity index (χ4n) is 2.54. The highest BCUT2D eigenvalue weighted by Gasteiger charge is 2.19. The first-order valence-electron chi connectivity index (χ1n) is 8.38. The third-order valence-corrected chi connectivity index (χ3v) is 4.24. The Balaban J connectivity index is 1.65. The second kappa shape index (κ2) is 8.39. The van der Waals surface area contributed by atoms with Crippen LogP contribution in [-0.4, -0.2) is 14.9 Å². The highest BCUT2D eigenvalue weighted by atomic mass is 32.1. The van der Waals surface area contributed by atoms with Gasteiger partial charge in [-0.3, -0.25) is 4.68 Å². The van der Waals surface area contributed by atoms with Crippen LogP contribution >= 0.6 is 12.2 Å². The molecule has 3 rings (SSSR count). The number of nitrogens with one attached hydrogen (secondary N) is 2. The van der Waals surface area contributed by atoms with Crippen LogP contribution in [0.5, 0.6) is 0 Å². The summed E-state index contributed by atoms with van der Waals surface area (Å²) in [6.07, 6.45) is 3.76. The zero-order valence-corrected chi connectivity index (χ0v) is 15.6. The Kier molecular flexibility index (Phi) is 5.93. The van der Waals surface area contributed by atoms with Crippen LogP contribution in [0.15, 0.2) is 42.7 Å². The monoisotopic (exact) mass is 408 g/mol. The van der Waals surface area contributed by atoms with Crippen LogP contribution in [0.3, 0.4) is 0 Å². The van der Waals surface area contributed by atoms with Crippen LogP contribution < -0.4 is 10.6 Å². The lowest BCUT2D eigenvalue weighted by Crippen LogP contribution is -2.18. The van der Waals surface area contributed by atoms with Gasteiger partial charge in [0, 0.05) is 23.5 Å². The van der Waals surface area contributed by atoms with Crippen LogP contribution in [0.25, 0.3) is 0 Å². The molecule has 3 aromatic rings. The Morgan fingerprint density at radius 2 is 1.68 bits per heavy atom. The molecule has 2 aromatic carbocycles. The maximum absolute atomic E-state index is 13.8. The normalized spacial score (nSPS) is 10.8. The molecule has 0 radical (unpaired) electrons. The van der Waals surface area contributed by atoms with Gasteiger partial charge >= 0.3 is 0 Å². The van der Waals surface area contributed by atoms with Crippen LogP contribution in [-0.2, 0) is 13.0 Å². The van der Waals surface area contributed by atoms with Crippen LogP contribution in [0.4, 0.5) is 28.9 Å². The summed E-state index contributed by atoms with van der Waals surface area (Å²) >= 11 is 5.22. The van der Waals surface area contributed by atoms with Gasteiger partial charge in [-0.25, -0.2) is 17.6 Å². The van der Waals surface area contributed by atoms with Crippen molar-refractivity contribution in [2.24, 2.45) is 0 Å². The minimum absolute atomic E-state index is 0.300. The molecule has 2 N–H and O–H groups in total. The molecule has 0 amide bonds. The predicted molar refractivity (Wildman–Crippen MR) is 103 cm³/mol. The van der Waals surface area contributed by atoms with Gasteiger partial charge in [-0.1, -0.05) is 19.1 Å².